The van der Waals surface area contributed by atoms with Crippen LogP contribution >= 0.6 is 0 Å². The minimum atomic E-state index is -0.471. The normalized spacial score (nSPS) is 23.8. The Labute approximate surface area is 162 Å². The van der Waals surface area contributed by atoms with E-state index in [1.54, 1.807) is 31.4 Å². The van der Waals surface area contributed by atoms with Gasteiger partial charge in [-0.3, -0.25) is 4.79 Å². The van der Waals surface area contributed by atoms with Gasteiger partial charge in [-0.1, -0.05) is 18.2 Å². The Balaban J connectivity index is 1.44. The van der Waals surface area contributed by atoms with Crippen LogP contribution in [0.1, 0.15) is 28.8 Å². The molecule has 0 radical (unpaired) electrons. The van der Waals surface area contributed by atoms with Crippen LogP contribution in [0.15, 0.2) is 54.3 Å². The molecule has 0 saturated carbocycles. The zero-order valence-corrected chi connectivity index (χ0v) is 15.7. The molecule has 0 spiro atoms. The molecule has 0 N–H and O–H groups in total. The number of hydrogen-bond donors (Lipinski definition) is 0. The molecule has 1 aromatic heterocycles. The molecule has 1 unspecified atom stereocenters. The zero-order valence-electron chi connectivity index (χ0n) is 15.7. The van der Waals surface area contributed by atoms with Gasteiger partial charge in [0.15, 0.2) is 12.0 Å². The van der Waals surface area contributed by atoms with E-state index >= 15 is 0 Å². The third-order valence-electron chi connectivity index (χ3n) is 4.72. The largest absolute Gasteiger partial charge is 0.497 e. The highest BCUT2D eigenvalue weighted by Gasteiger charge is 2.38. The molecule has 4 rings (SSSR count). The first-order valence-corrected chi connectivity index (χ1v) is 9.01. The van der Waals surface area contributed by atoms with Crippen molar-refractivity contribution in [3.8, 4) is 11.6 Å². The zero-order chi connectivity index (χ0) is 19.5. The third-order valence-corrected chi connectivity index (χ3v) is 4.72. The molecule has 1 saturated heterocycles. The summed E-state index contributed by atoms with van der Waals surface area (Å²) in [7, 11) is 3.13. The van der Waals surface area contributed by atoms with Gasteiger partial charge < -0.3 is 23.7 Å². The van der Waals surface area contributed by atoms with Gasteiger partial charge in [-0.15, -0.1) is 0 Å². The van der Waals surface area contributed by atoms with Crippen molar-refractivity contribution < 1.29 is 28.5 Å². The summed E-state index contributed by atoms with van der Waals surface area (Å²) in [6.45, 7) is 0.331. The van der Waals surface area contributed by atoms with E-state index in [-0.39, 0.29) is 29.4 Å². The monoisotopic (exact) mass is 383 g/mol. The second-order valence-electron chi connectivity index (χ2n) is 6.47. The maximum atomic E-state index is 12.7. The van der Waals surface area contributed by atoms with E-state index in [0.717, 1.165) is 11.3 Å². The Bertz CT molecular complexity index is 879. The summed E-state index contributed by atoms with van der Waals surface area (Å²) in [5, 5.41) is 0. The van der Waals surface area contributed by atoms with Crippen LogP contribution in [-0.2, 0) is 14.2 Å². The van der Waals surface area contributed by atoms with Crippen LogP contribution in [0.2, 0.25) is 0 Å². The number of nitrogens with zero attached hydrogens (tertiary/aromatic N) is 1. The summed E-state index contributed by atoms with van der Waals surface area (Å²) in [4.78, 5) is 16.9. The number of pyridine rings is 1. The maximum absolute atomic E-state index is 12.7. The molecular weight excluding hydrogens is 362 g/mol. The minimum absolute atomic E-state index is 0.185. The topological polar surface area (TPSA) is 76.1 Å². The number of ketones is 1. The highest BCUT2D eigenvalue weighted by Crippen LogP contribution is 2.33. The predicted molar refractivity (Wildman–Crippen MR) is 99.3 cm³/mol. The van der Waals surface area contributed by atoms with E-state index in [1.165, 1.54) is 7.11 Å². The molecule has 1 aromatic carbocycles. The Hall–Kier alpha value is -2.90. The smallest absolute Gasteiger partial charge is 0.245 e. The van der Waals surface area contributed by atoms with Gasteiger partial charge in [-0.2, -0.15) is 0 Å². The van der Waals surface area contributed by atoms with Crippen molar-refractivity contribution in [1.29, 1.82) is 0 Å². The number of carbonyl (C=O) groups is 1. The van der Waals surface area contributed by atoms with Gasteiger partial charge in [-0.05, 0) is 30.7 Å². The lowest BCUT2D eigenvalue weighted by molar-refractivity contribution is -0.261. The lowest BCUT2D eigenvalue weighted by Crippen LogP contribution is -2.44. The highest BCUT2D eigenvalue weighted by molar-refractivity contribution is 6.06. The first kappa shape index (κ1) is 18.5. The van der Waals surface area contributed by atoms with Gasteiger partial charge in [0.1, 0.15) is 23.7 Å². The van der Waals surface area contributed by atoms with Crippen molar-refractivity contribution in [2.24, 2.45) is 0 Å². The summed E-state index contributed by atoms with van der Waals surface area (Å²) in [5.74, 6) is 1.13. The summed E-state index contributed by atoms with van der Waals surface area (Å²) in [6.07, 6.45) is 1.31. The van der Waals surface area contributed by atoms with E-state index in [2.05, 4.69) is 4.98 Å². The lowest BCUT2D eigenvalue weighted by Gasteiger charge is -2.38. The summed E-state index contributed by atoms with van der Waals surface area (Å²) < 4.78 is 28.0. The van der Waals surface area contributed by atoms with E-state index in [4.69, 9.17) is 23.7 Å². The lowest BCUT2D eigenvalue weighted by atomic mass is 10.0. The van der Waals surface area contributed by atoms with Crippen molar-refractivity contribution in [1.82, 2.24) is 4.98 Å². The number of hydrogen-bond acceptors (Lipinski definition) is 7. The van der Waals surface area contributed by atoms with Gasteiger partial charge in [0.05, 0.1) is 20.8 Å². The molecular formula is C21H21NO6. The van der Waals surface area contributed by atoms with Gasteiger partial charge >= 0.3 is 0 Å². The molecule has 7 nitrogen and oxygen atoms in total. The van der Waals surface area contributed by atoms with Crippen LogP contribution in [0.3, 0.4) is 0 Å². The second kappa shape index (κ2) is 8.00. The van der Waals surface area contributed by atoms with E-state index in [1.807, 2.05) is 24.3 Å². The molecule has 28 heavy (non-hydrogen) atoms. The Morgan fingerprint density at radius 1 is 1.07 bits per heavy atom. The summed E-state index contributed by atoms with van der Waals surface area (Å²) >= 11 is 0. The number of methoxy groups -OCH3 is 2. The molecule has 7 heteroatoms. The standard InChI is InChI=1S/C21H21NO6/c1-24-14-8-6-13(7-9-14)21-26-12-18-16(28-21)10-11-17(27-18)20(23)15-4-3-5-19(22-15)25-2/h3-9,11,16,18,21H,10,12H2,1-2H3/t16-,18+,21?/m0/s1. The molecule has 3 atom stereocenters. The van der Waals surface area contributed by atoms with Gasteiger partial charge in [0.25, 0.3) is 0 Å². The van der Waals surface area contributed by atoms with Crippen molar-refractivity contribution >= 4 is 5.78 Å². The van der Waals surface area contributed by atoms with Crippen molar-refractivity contribution in [2.45, 2.75) is 24.9 Å². The molecule has 2 aromatic rings. The number of ether oxygens (including phenoxy) is 5. The Kier molecular flexibility index (Phi) is 5.27. The number of fused-ring (bicyclic) bond motifs is 1. The van der Waals surface area contributed by atoms with Crippen LogP contribution in [0.5, 0.6) is 11.6 Å². The first-order chi connectivity index (χ1) is 13.7. The van der Waals surface area contributed by atoms with Crippen LogP contribution in [0.25, 0.3) is 0 Å². The summed E-state index contributed by atoms with van der Waals surface area (Å²) in [6, 6.07) is 12.6. The fraction of sp³-hybridized carbons (Fsp3) is 0.333. The average molecular weight is 383 g/mol. The fourth-order valence-electron chi connectivity index (χ4n) is 3.19. The van der Waals surface area contributed by atoms with Crippen molar-refractivity contribution in [3.63, 3.8) is 0 Å². The Morgan fingerprint density at radius 3 is 2.64 bits per heavy atom. The molecule has 0 amide bonds. The third kappa shape index (κ3) is 3.72. The average Bonchev–Trinajstić information content (AvgIpc) is 2.78. The number of carbonyl (C=O) groups excluding carboxylic acids is 1. The molecule has 146 valence electrons. The summed E-state index contributed by atoms with van der Waals surface area (Å²) in [5.41, 5.74) is 1.18. The SMILES string of the molecule is COc1ccc(C2OC[C@H]3OC(C(=O)c4cccc(OC)n4)=CC[C@@H]3O2)cc1. The predicted octanol–water partition coefficient (Wildman–Crippen LogP) is 3.07. The first-order valence-electron chi connectivity index (χ1n) is 9.01. The number of Topliss-reactive ketones (excluding diaryl/α,β-unsaturated/α-hetero) is 1. The molecule has 0 aliphatic carbocycles. The van der Waals surface area contributed by atoms with Crippen LogP contribution in [0.4, 0.5) is 0 Å². The fourth-order valence-corrected chi connectivity index (χ4v) is 3.19. The van der Waals surface area contributed by atoms with Gasteiger partial charge in [0.2, 0.25) is 11.7 Å². The van der Waals surface area contributed by atoms with Crippen LogP contribution in [-0.4, -0.2) is 43.8 Å². The molecule has 2 aliphatic heterocycles. The maximum Gasteiger partial charge on any atom is 0.245 e. The van der Waals surface area contributed by atoms with Crippen LogP contribution < -0.4 is 9.47 Å². The molecule has 3 heterocycles. The number of rotatable bonds is 5. The van der Waals surface area contributed by atoms with E-state index < -0.39 is 6.29 Å². The molecule has 2 aliphatic rings. The number of benzene rings is 1. The molecule has 1 fully saturated rings. The van der Waals surface area contributed by atoms with Crippen molar-refractivity contribution in [3.05, 3.63) is 65.6 Å². The van der Waals surface area contributed by atoms with Gasteiger partial charge in [0, 0.05) is 11.6 Å². The quantitative estimate of drug-likeness (QED) is 0.735. The van der Waals surface area contributed by atoms with E-state index in [9.17, 15) is 4.79 Å². The Morgan fingerprint density at radius 2 is 1.89 bits per heavy atom. The van der Waals surface area contributed by atoms with Crippen LogP contribution in [0, 0.1) is 0 Å². The van der Waals surface area contributed by atoms with E-state index in [0.29, 0.717) is 18.9 Å². The molecule has 0 bridgehead atoms. The number of allylic oxidation sites excluding steroid dienone is 1. The highest BCUT2D eigenvalue weighted by atomic mass is 16.7. The number of aromatic nitrogens is 1. The minimum Gasteiger partial charge on any atom is -0.497 e. The van der Waals surface area contributed by atoms with Crippen molar-refractivity contribution in [2.75, 3.05) is 20.8 Å². The second-order valence-corrected chi connectivity index (χ2v) is 6.47. The van der Waals surface area contributed by atoms with Gasteiger partial charge in [-0.25, -0.2) is 4.98 Å².